The lowest BCUT2D eigenvalue weighted by Gasteiger charge is -2.30. The van der Waals surface area contributed by atoms with Crippen LogP contribution in [0.5, 0.6) is 5.75 Å². The molecule has 2 aromatic carbocycles. The minimum absolute atomic E-state index is 0.305. The second-order valence-corrected chi connectivity index (χ2v) is 5.00. The van der Waals surface area contributed by atoms with E-state index in [1.54, 1.807) is 55.6 Å². The number of esters is 1. The molecule has 1 aliphatic heterocycles. The number of hydrogen-bond acceptors (Lipinski definition) is 4. The summed E-state index contributed by atoms with van der Waals surface area (Å²) < 4.78 is 10.5. The van der Waals surface area contributed by atoms with Crippen LogP contribution in [0.1, 0.15) is 33.5 Å². The van der Waals surface area contributed by atoms with Crippen molar-refractivity contribution in [2.45, 2.75) is 12.0 Å². The number of benzene rings is 2. The lowest BCUT2D eigenvalue weighted by Crippen LogP contribution is -2.31. The fourth-order valence-corrected chi connectivity index (χ4v) is 2.68. The van der Waals surface area contributed by atoms with E-state index in [0.29, 0.717) is 22.4 Å². The molecule has 0 saturated heterocycles. The van der Waals surface area contributed by atoms with Gasteiger partial charge in [-0.05, 0) is 29.3 Å². The molecule has 0 aromatic heterocycles. The van der Waals surface area contributed by atoms with Gasteiger partial charge in [0.2, 0.25) is 0 Å². The molecule has 0 bridgehead atoms. The van der Waals surface area contributed by atoms with Crippen molar-refractivity contribution in [1.29, 1.82) is 0 Å². The summed E-state index contributed by atoms with van der Waals surface area (Å²) in [6.45, 7) is 0. The van der Waals surface area contributed by atoms with Crippen molar-refractivity contribution in [1.82, 2.24) is 0 Å². The van der Waals surface area contributed by atoms with Crippen LogP contribution in [0.3, 0.4) is 0 Å². The molecule has 22 heavy (non-hydrogen) atoms. The standard InChI is InChI=1S/C17H14O5/c1-21-11-8-6-10(7-9-11)15-14(16(18)19)12-4-2-3-5-13(12)17(20)22-15/h2-9,14-15H,1H3,(H,18,19). The number of methoxy groups -OCH3 is 1. The van der Waals surface area contributed by atoms with Gasteiger partial charge in [0, 0.05) is 0 Å². The van der Waals surface area contributed by atoms with Gasteiger partial charge in [0.25, 0.3) is 0 Å². The van der Waals surface area contributed by atoms with Crippen LogP contribution in [0.25, 0.3) is 0 Å². The van der Waals surface area contributed by atoms with Crippen LogP contribution < -0.4 is 4.74 Å². The zero-order valence-electron chi connectivity index (χ0n) is 11.9. The highest BCUT2D eigenvalue weighted by atomic mass is 16.5. The third-order valence-corrected chi connectivity index (χ3v) is 3.76. The van der Waals surface area contributed by atoms with E-state index in [4.69, 9.17) is 9.47 Å². The van der Waals surface area contributed by atoms with Gasteiger partial charge in [-0.3, -0.25) is 4.79 Å². The number of carbonyl (C=O) groups is 2. The summed E-state index contributed by atoms with van der Waals surface area (Å²) in [4.78, 5) is 23.8. The normalized spacial score (nSPS) is 20.0. The molecule has 0 saturated carbocycles. The fraction of sp³-hybridized carbons (Fsp3) is 0.176. The Kier molecular flexibility index (Phi) is 3.55. The van der Waals surface area contributed by atoms with Gasteiger partial charge in [-0.25, -0.2) is 4.79 Å². The molecule has 0 spiro atoms. The minimum Gasteiger partial charge on any atom is -0.497 e. The van der Waals surface area contributed by atoms with Gasteiger partial charge < -0.3 is 14.6 Å². The molecule has 0 amide bonds. The smallest absolute Gasteiger partial charge is 0.339 e. The first-order valence-electron chi connectivity index (χ1n) is 6.78. The highest BCUT2D eigenvalue weighted by Gasteiger charge is 2.40. The van der Waals surface area contributed by atoms with Crippen molar-refractivity contribution in [2.24, 2.45) is 0 Å². The lowest BCUT2D eigenvalue weighted by molar-refractivity contribution is -0.142. The molecule has 1 heterocycles. The number of rotatable bonds is 3. The molecule has 1 aliphatic rings. The molecule has 2 atom stereocenters. The van der Waals surface area contributed by atoms with Crippen LogP contribution in [0.15, 0.2) is 48.5 Å². The fourth-order valence-electron chi connectivity index (χ4n) is 2.68. The van der Waals surface area contributed by atoms with E-state index in [1.165, 1.54) is 0 Å². The van der Waals surface area contributed by atoms with Gasteiger partial charge in [-0.15, -0.1) is 0 Å². The van der Waals surface area contributed by atoms with E-state index in [1.807, 2.05) is 0 Å². The van der Waals surface area contributed by atoms with Crippen LogP contribution in [-0.4, -0.2) is 24.2 Å². The number of cyclic esters (lactones) is 1. The monoisotopic (exact) mass is 298 g/mol. The SMILES string of the molecule is COc1ccc(C2OC(=O)c3ccccc3C2C(=O)O)cc1. The molecule has 0 radical (unpaired) electrons. The number of carbonyl (C=O) groups excluding carboxylic acids is 1. The lowest BCUT2D eigenvalue weighted by atomic mass is 9.84. The highest BCUT2D eigenvalue weighted by Crippen LogP contribution is 2.41. The first kappa shape index (κ1) is 14.1. The molecule has 5 heteroatoms. The summed E-state index contributed by atoms with van der Waals surface area (Å²) in [5.41, 5.74) is 1.41. The third kappa shape index (κ3) is 2.30. The quantitative estimate of drug-likeness (QED) is 0.882. The number of hydrogen-bond donors (Lipinski definition) is 1. The molecule has 0 fully saturated rings. The van der Waals surface area contributed by atoms with Crippen molar-refractivity contribution in [3.05, 3.63) is 65.2 Å². The summed E-state index contributed by atoms with van der Waals surface area (Å²) in [6, 6.07) is 13.5. The topological polar surface area (TPSA) is 72.8 Å². The Hall–Kier alpha value is -2.82. The summed E-state index contributed by atoms with van der Waals surface area (Å²) in [5, 5.41) is 9.59. The van der Waals surface area contributed by atoms with Crippen molar-refractivity contribution < 1.29 is 24.2 Å². The van der Waals surface area contributed by atoms with Crippen molar-refractivity contribution in [2.75, 3.05) is 7.11 Å². The average molecular weight is 298 g/mol. The maximum absolute atomic E-state index is 12.1. The Morgan fingerprint density at radius 1 is 1.14 bits per heavy atom. The number of aliphatic carboxylic acids is 1. The average Bonchev–Trinajstić information content (AvgIpc) is 2.54. The van der Waals surface area contributed by atoms with E-state index in [-0.39, 0.29) is 0 Å². The van der Waals surface area contributed by atoms with Gasteiger partial charge in [0.1, 0.15) is 17.8 Å². The van der Waals surface area contributed by atoms with Crippen LogP contribution in [-0.2, 0) is 9.53 Å². The summed E-state index contributed by atoms with van der Waals surface area (Å²) in [7, 11) is 1.55. The van der Waals surface area contributed by atoms with E-state index in [9.17, 15) is 14.7 Å². The predicted molar refractivity (Wildman–Crippen MR) is 78.0 cm³/mol. The summed E-state index contributed by atoms with van der Waals surface area (Å²) in [6.07, 6.45) is -0.856. The van der Waals surface area contributed by atoms with Crippen LogP contribution >= 0.6 is 0 Å². The van der Waals surface area contributed by atoms with Crippen LogP contribution in [0.2, 0.25) is 0 Å². The van der Waals surface area contributed by atoms with Gasteiger partial charge in [-0.2, -0.15) is 0 Å². The maximum atomic E-state index is 12.1. The molecule has 1 N–H and O–H groups in total. The zero-order chi connectivity index (χ0) is 15.7. The van der Waals surface area contributed by atoms with Crippen molar-refractivity contribution in [3.8, 4) is 5.75 Å². The van der Waals surface area contributed by atoms with Gasteiger partial charge in [-0.1, -0.05) is 30.3 Å². The second kappa shape index (κ2) is 5.52. The van der Waals surface area contributed by atoms with Crippen molar-refractivity contribution in [3.63, 3.8) is 0 Å². The number of fused-ring (bicyclic) bond motifs is 1. The van der Waals surface area contributed by atoms with Crippen molar-refractivity contribution >= 4 is 11.9 Å². The van der Waals surface area contributed by atoms with E-state index < -0.39 is 24.0 Å². The van der Waals surface area contributed by atoms with Gasteiger partial charge in [0.15, 0.2) is 0 Å². The van der Waals surface area contributed by atoms with Crippen LogP contribution in [0, 0.1) is 0 Å². The Labute approximate surface area is 127 Å². The zero-order valence-corrected chi connectivity index (χ0v) is 11.9. The Balaban J connectivity index is 2.07. The van der Waals surface area contributed by atoms with E-state index in [2.05, 4.69) is 0 Å². The predicted octanol–water partition coefficient (Wildman–Crippen LogP) is 2.78. The number of carboxylic acid groups (broad SMARTS) is 1. The summed E-state index contributed by atoms with van der Waals surface area (Å²) >= 11 is 0. The molecule has 0 aliphatic carbocycles. The van der Waals surface area contributed by atoms with E-state index >= 15 is 0 Å². The number of carboxylic acids is 1. The molecule has 3 rings (SSSR count). The highest BCUT2D eigenvalue weighted by molar-refractivity contribution is 5.96. The third-order valence-electron chi connectivity index (χ3n) is 3.76. The summed E-state index contributed by atoms with van der Waals surface area (Å²) in [5.74, 6) is -1.81. The molecular formula is C17H14O5. The largest absolute Gasteiger partial charge is 0.497 e. The molecule has 112 valence electrons. The minimum atomic E-state index is -1.03. The first-order valence-corrected chi connectivity index (χ1v) is 6.78. The number of ether oxygens (including phenoxy) is 2. The molecular weight excluding hydrogens is 284 g/mol. The first-order chi connectivity index (χ1) is 10.6. The van der Waals surface area contributed by atoms with E-state index in [0.717, 1.165) is 0 Å². The van der Waals surface area contributed by atoms with Crippen LogP contribution in [0.4, 0.5) is 0 Å². The maximum Gasteiger partial charge on any atom is 0.339 e. The molecule has 2 aromatic rings. The molecule has 2 unspecified atom stereocenters. The Bertz CT molecular complexity index is 720. The second-order valence-electron chi connectivity index (χ2n) is 5.00. The molecule has 5 nitrogen and oxygen atoms in total. The van der Waals surface area contributed by atoms with Gasteiger partial charge in [0.05, 0.1) is 12.7 Å². The Morgan fingerprint density at radius 2 is 1.82 bits per heavy atom. The van der Waals surface area contributed by atoms with Gasteiger partial charge >= 0.3 is 11.9 Å². The Morgan fingerprint density at radius 3 is 2.45 bits per heavy atom.